The highest BCUT2D eigenvalue weighted by molar-refractivity contribution is 7.08. The fraction of sp³-hybridized carbons (Fsp3) is 0.167. The highest BCUT2D eigenvalue weighted by atomic mass is 32.1. The summed E-state index contributed by atoms with van der Waals surface area (Å²) in [6.07, 6.45) is 0. The molecular formula is C12H13NS. The molecule has 14 heavy (non-hydrogen) atoms. The number of thiophene rings is 1. The first-order valence-corrected chi connectivity index (χ1v) is 5.57. The van der Waals surface area contributed by atoms with Gasteiger partial charge in [0.2, 0.25) is 0 Å². The van der Waals surface area contributed by atoms with E-state index in [1.54, 1.807) is 11.3 Å². The quantitative estimate of drug-likeness (QED) is 0.797. The normalized spacial score (nSPS) is 10.4. The predicted octanol–water partition coefficient (Wildman–Crippen LogP) is 3.18. The number of benzene rings is 1. The van der Waals surface area contributed by atoms with Gasteiger partial charge in [-0.15, -0.1) is 0 Å². The van der Waals surface area contributed by atoms with Crippen molar-refractivity contribution in [1.29, 1.82) is 0 Å². The minimum Gasteiger partial charge on any atom is -0.326 e. The maximum Gasteiger partial charge on any atom is 0.0178 e. The Balaban J connectivity index is 2.46. The third kappa shape index (κ3) is 1.72. The van der Waals surface area contributed by atoms with Gasteiger partial charge in [0.05, 0.1) is 0 Å². The molecule has 2 N–H and O–H groups in total. The largest absolute Gasteiger partial charge is 0.326 e. The van der Waals surface area contributed by atoms with Crippen molar-refractivity contribution in [3.05, 3.63) is 46.2 Å². The summed E-state index contributed by atoms with van der Waals surface area (Å²) in [5.41, 5.74) is 10.7. The Bertz CT molecular complexity index is 418. The van der Waals surface area contributed by atoms with Gasteiger partial charge in [0.25, 0.3) is 0 Å². The zero-order chi connectivity index (χ0) is 9.97. The summed E-state index contributed by atoms with van der Waals surface area (Å²) < 4.78 is 0. The smallest absolute Gasteiger partial charge is 0.0178 e. The molecule has 0 spiro atoms. The lowest BCUT2D eigenvalue weighted by Crippen LogP contribution is -1.96. The number of rotatable bonds is 2. The molecule has 0 bridgehead atoms. The van der Waals surface area contributed by atoms with Crippen molar-refractivity contribution in [2.75, 3.05) is 0 Å². The Labute approximate surface area is 88.2 Å². The predicted molar refractivity (Wildman–Crippen MR) is 62.4 cm³/mol. The lowest BCUT2D eigenvalue weighted by atomic mass is 10.0. The molecule has 1 aromatic carbocycles. The standard InChI is InChI=1S/C12H13NS/c1-9-6-10(7-13)2-3-12(9)11-4-5-14-8-11/h2-6,8H,7,13H2,1H3. The fourth-order valence-electron chi connectivity index (χ4n) is 1.59. The van der Waals surface area contributed by atoms with Gasteiger partial charge in [-0.2, -0.15) is 11.3 Å². The van der Waals surface area contributed by atoms with Gasteiger partial charge >= 0.3 is 0 Å². The van der Waals surface area contributed by atoms with Gasteiger partial charge in [0.15, 0.2) is 0 Å². The molecule has 2 rings (SSSR count). The van der Waals surface area contributed by atoms with Crippen molar-refractivity contribution in [3.8, 4) is 11.1 Å². The SMILES string of the molecule is Cc1cc(CN)ccc1-c1ccsc1. The molecule has 0 atom stereocenters. The van der Waals surface area contributed by atoms with Crippen LogP contribution >= 0.6 is 11.3 Å². The minimum atomic E-state index is 0.616. The van der Waals surface area contributed by atoms with Crippen molar-refractivity contribution < 1.29 is 0 Å². The van der Waals surface area contributed by atoms with Crippen LogP contribution in [0.25, 0.3) is 11.1 Å². The van der Waals surface area contributed by atoms with Crippen LogP contribution in [0.3, 0.4) is 0 Å². The van der Waals surface area contributed by atoms with E-state index in [0.29, 0.717) is 6.54 Å². The Hall–Kier alpha value is -1.12. The summed E-state index contributed by atoms with van der Waals surface area (Å²) in [5, 5.41) is 4.27. The van der Waals surface area contributed by atoms with Crippen LogP contribution in [0.2, 0.25) is 0 Å². The molecule has 2 heteroatoms. The van der Waals surface area contributed by atoms with Crippen LogP contribution in [0.15, 0.2) is 35.0 Å². The minimum absolute atomic E-state index is 0.616. The number of nitrogens with two attached hydrogens (primary N) is 1. The fourth-order valence-corrected chi connectivity index (χ4v) is 2.25. The number of hydrogen-bond acceptors (Lipinski definition) is 2. The van der Waals surface area contributed by atoms with Crippen molar-refractivity contribution in [2.24, 2.45) is 5.73 Å². The highest BCUT2D eigenvalue weighted by Gasteiger charge is 2.02. The maximum atomic E-state index is 5.59. The Morgan fingerprint density at radius 1 is 1.29 bits per heavy atom. The highest BCUT2D eigenvalue weighted by Crippen LogP contribution is 2.25. The van der Waals surface area contributed by atoms with E-state index >= 15 is 0 Å². The van der Waals surface area contributed by atoms with E-state index in [2.05, 4.69) is 41.9 Å². The van der Waals surface area contributed by atoms with Crippen LogP contribution < -0.4 is 5.73 Å². The van der Waals surface area contributed by atoms with Gasteiger partial charge in [0, 0.05) is 6.54 Å². The molecule has 0 aliphatic heterocycles. The van der Waals surface area contributed by atoms with E-state index in [-0.39, 0.29) is 0 Å². The Morgan fingerprint density at radius 3 is 2.71 bits per heavy atom. The van der Waals surface area contributed by atoms with Crippen LogP contribution in [0, 0.1) is 6.92 Å². The zero-order valence-electron chi connectivity index (χ0n) is 8.16. The molecule has 2 aromatic rings. The first-order valence-electron chi connectivity index (χ1n) is 4.63. The molecule has 0 amide bonds. The number of hydrogen-bond donors (Lipinski definition) is 1. The molecule has 0 saturated heterocycles. The van der Waals surface area contributed by atoms with Crippen LogP contribution in [0.4, 0.5) is 0 Å². The zero-order valence-corrected chi connectivity index (χ0v) is 8.97. The van der Waals surface area contributed by atoms with Crippen LogP contribution in [0.1, 0.15) is 11.1 Å². The summed E-state index contributed by atoms with van der Waals surface area (Å²) in [6, 6.07) is 8.56. The topological polar surface area (TPSA) is 26.0 Å². The molecule has 0 saturated carbocycles. The van der Waals surface area contributed by atoms with E-state index in [9.17, 15) is 0 Å². The van der Waals surface area contributed by atoms with E-state index in [0.717, 1.165) is 0 Å². The number of aryl methyl sites for hydroxylation is 1. The Kier molecular flexibility index (Phi) is 2.66. The first kappa shape index (κ1) is 9.44. The van der Waals surface area contributed by atoms with Crippen molar-refractivity contribution in [2.45, 2.75) is 13.5 Å². The maximum absolute atomic E-state index is 5.59. The molecule has 0 aliphatic carbocycles. The third-order valence-electron chi connectivity index (χ3n) is 2.36. The van der Waals surface area contributed by atoms with E-state index < -0.39 is 0 Å². The van der Waals surface area contributed by atoms with Gasteiger partial charge in [-0.1, -0.05) is 18.2 Å². The molecule has 72 valence electrons. The average molecular weight is 203 g/mol. The van der Waals surface area contributed by atoms with E-state index in [4.69, 9.17) is 5.73 Å². The summed E-state index contributed by atoms with van der Waals surface area (Å²) in [6.45, 7) is 2.75. The molecule has 1 aromatic heterocycles. The second-order valence-electron chi connectivity index (χ2n) is 3.37. The van der Waals surface area contributed by atoms with Crippen LogP contribution in [-0.4, -0.2) is 0 Å². The van der Waals surface area contributed by atoms with Crippen molar-refractivity contribution in [1.82, 2.24) is 0 Å². The Morgan fingerprint density at radius 2 is 2.14 bits per heavy atom. The van der Waals surface area contributed by atoms with Gasteiger partial charge in [-0.05, 0) is 46.0 Å². The summed E-state index contributed by atoms with van der Waals surface area (Å²) >= 11 is 1.73. The molecule has 0 aliphatic rings. The summed E-state index contributed by atoms with van der Waals surface area (Å²) in [4.78, 5) is 0. The summed E-state index contributed by atoms with van der Waals surface area (Å²) in [7, 11) is 0. The average Bonchev–Trinajstić information content (AvgIpc) is 2.70. The molecule has 1 heterocycles. The third-order valence-corrected chi connectivity index (χ3v) is 3.04. The lowest BCUT2D eigenvalue weighted by Gasteiger charge is -2.05. The lowest BCUT2D eigenvalue weighted by molar-refractivity contribution is 1.07. The summed E-state index contributed by atoms with van der Waals surface area (Å²) in [5.74, 6) is 0. The molecular weight excluding hydrogens is 190 g/mol. The molecule has 0 unspecified atom stereocenters. The molecule has 0 radical (unpaired) electrons. The van der Waals surface area contributed by atoms with Gasteiger partial charge < -0.3 is 5.73 Å². The van der Waals surface area contributed by atoms with Gasteiger partial charge in [-0.3, -0.25) is 0 Å². The van der Waals surface area contributed by atoms with Crippen LogP contribution in [0.5, 0.6) is 0 Å². The second-order valence-corrected chi connectivity index (χ2v) is 4.15. The van der Waals surface area contributed by atoms with E-state index in [1.807, 2.05) is 0 Å². The van der Waals surface area contributed by atoms with Gasteiger partial charge in [-0.25, -0.2) is 0 Å². The van der Waals surface area contributed by atoms with E-state index in [1.165, 1.54) is 22.3 Å². The van der Waals surface area contributed by atoms with Crippen molar-refractivity contribution >= 4 is 11.3 Å². The monoisotopic (exact) mass is 203 g/mol. The van der Waals surface area contributed by atoms with Crippen LogP contribution in [-0.2, 0) is 6.54 Å². The first-order chi connectivity index (χ1) is 6.81. The van der Waals surface area contributed by atoms with Gasteiger partial charge in [0.1, 0.15) is 0 Å². The molecule has 0 fully saturated rings. The van der Waals surface area contributed by atoms with Crippen molar-refractivity contribution in [3.63, 3.8) is 0 Å². The second kappa shape index (κ2) is 3.95. The molecule has 1 nitrogen and oxygen atoms in total.